The molecule has 6 nitrogen and oxygen atoms in total. The van der Waals surface area contributed by atoms with Gasteiger partial charge in [-0.15, -0.1) is 12.4 Å². The van der Waals surface area contributed by atoms with E-state index in [4.69, 9.17) is 5.73 Å². The van der Waals surface area contributed by atoms with Crippen molar-refractivity contribution in [3.05, 3.63) is 29.3 Å². The molecule has 1 saturated heterocycles. The summed E-state index contributed by atoms with van der Waals surface area (Å²) in [5, 5.41) is 2.75. The first-order chi connectivity index (χ1) is 10.9. The summed E-state index contributed by atoms with van der Waals surface area (Å²) in [6.45, 7) is 4.97. The van der Waals surface area contributed by atoms with E-state index >= 15 is 0 Å². The number of hydrogen-bond acceptors (Lipinski definition) is 4. The number of nitrogens with one attached hydrogen (secondary N) is 1. The van der Waals surface area contributed by atoms with Crippen molar-refractivity contribution in [3.8, 4) is 0 Å². The van der Waals surface area contributed by atoms with Crippen LogP contribution in [0, 0.1) is 6.92 Å². The van der Waals surface area contributed by atoms with Crippen LogP contribution in [0.3, 0.4) is 0 Å². The second-order valence-corrected chi connectivity index (χ2v) is 7.96. The van der Waals surface area contributed by atoms with Crippen molar-refractivity contribution in [1.29, 1.82) is 0 Å². The Labute approximate surface area is 150 Å². The normalized spacial score (nSPS) is 17.0. The Kier molecular flexibility index (Phi) is 7.66. The van der Waals surface area contributed by atoms with Crippen LogP contribution in [0.1, 0.15) is 42.1 Å². The lowest BCUT2D eigenvalue weighted by Gasteiger charge is -2.26. The molecule has 1 aliphatic heterocycles. The molecule has 1 fully saturated rings. The molecule has 1 atom stereocenters. The number of nitrogens with zero attached hydrogens (tertiary/aromatic N) is 1. The zero-order valence-electron chi connectivity index (χ0n) is 14.1. The van der Waals surface area contributed by atoms with Crippen LogP contribution in [-0.4, -0.2) is 44.3 Å². The fourth-order valence-electron chi connectivity index (χ4n) is 2.63. The molecule has 2 rings (SSSR count). The standard InChI is InChI=1S/C16H25N3O3S.ClH/c1-12-6-7-14(16(20)18-13(2)11-17)10-15(12)23(21,22)19-8-4-3-5-9-19;/h6-7,10,13H,3-5,8-9,11,17H2,1-2H3,(H,18,20);1H/t13-;/m0./s1. The van der Waals surface area contributed by atoms with Crippen LogP contribution in [0.25, 0.3) is 0 Å². The van der Waals surface area contributed by atoms with Crippen molar-refractivity contribution >= 4 is 28.3 Å². The Morgan fingerprint density at radius 3 is 2.50 bits per heavy atom. The van der Waals surface area contributed by atoms with Gasteiger partial charge in [-0.25, -0.2) is 8.42 Å². The first-order valence-corrected chi connectivity index (χ1v) is 9.42. The highest BCUT2D eigenvalue weighted by molar-refractivity contribution is 7.89. The molecule has 0 radical (unpaired) electrons. The SMILES string of the molecule is Cc1ccc(C(=O)N[C@@H](C)CN)cc1S(=O)(=O)N1CCCCC1.Cl. The topological polar surface area (TPSA) is 92.5 Å². The molecule has 0 unspecified atom stereocenters. The number of nitrogens with two attached hydrogens (primary N) is 1. The lowest BCUT2D eigenvalue weighted by molar-refractivity contribution is 0.0941. The van der Waals surface area contributed by atoms with Crippen molar-refractivity contribution in [2.75, 3.05) is 19.6 Å². The third kappa shape index (κ3) is 4.69. The summed E-state index contributed by atoms with van der Waals surface area (Å²) < 4.78 is 27.2. The van der Waals surface area contributed by atoms with Gasteiger partial charge in [-0.1, -0.05) is 12.5 Å². The van der Waals surface area contributed by atoms with Crippen LogP contribution in [0.15, 0.2) is 23.1 Å². The van der Waals surface area contributed by atoms with Gasteiger partial charge < -0.3 is 11.1 Å². The van der Waals surface area contributed by atoms with Crippen molar-refractivity contribution in [1.82, 2.24) is 9.62 Å². The maximum atomic E-state index is 12.8. The van der Waals surface area contributed by atoms with Gasteiger partial charge in [0.25, 0.3) is 5.91 Å². The lowest BCUT2D eigenvalue weighted by atomic mass is 10.1. The minimum absolute atomic E-state index is 0. The summed E-state index contributed by atoms with van der Waals surface area (Å²) in [5.74, 6) is -0.307. The number of aryl methyl sites for hydroxylation is 1. The van der Waals surface area contributed by atoms with Gasteiger partial charge in [0.1, 0.15) is 0 Å². The first kappa shape index (κ1) is 20.9. The van der Waals surface area contributed by atoms with Crippen LogP contribution in [0.5, 0.6) is 0 Å². The maximum Gasteiger partial charge on any atom is 0.251 e. The number of rotatable bonds is 5. The van der Waals surface area contributed by atoms with Crippen LogP contribution in [-0.2, 0) is 10.0 Å². The van der Waals surface area contributed by atoms with Gasteiger partial charge in [0.15, 0.2) is 0 Å². The number of amides is 1. The Hall–Kier alpha value is -1.15. The van der Waals surface area contributed by atoms with Crippen LogP contribution < -0.4 is 11.1 Å². The van der Waals surface area contributed by atoms with Crippen molar-refractivity contribution in [2.24, 2.45) is 5.73 Å². The molecule has 8 heteroatoms. The quantitative estimate of drug-likeness (QED) is 0.818. The minimum Gasteiger partial charge on any atom is -0.348 e. The highest BCUT2D eigenvalue weighted by Crippen LogP contribution is 2.24. The second-order valence-electron chi connectivity index (χ2n) is 6.06. The van der Waals surface area contributed by atoms with Crippen molar-refractivity contribution < 1.29 is 13.2 Å². The number of carbonyl (C=O) groups is 1. The van der Waals surface area contributed by atoms with E-state index in [9.17, 15) is 13.2 Å². The average Bonchev–Trinajstić information content (AvgIpc) is 2.55. The number of carbonyl (C=O) groups excluding carboxylic acids is 1. The number of halogens is 1. The molecule has 0 aromatic heterocycles. The summed E-state index contributed by atoms with van der Waals surface area (Å²) in [6, 6.07) is 4.63. The first-order valence-electron chi connectivity index (χ1n) is 7.98. The van der Waals surface area contributed by atoms with E-state index in [0.29, 0.717) is 30.8 Å². The van der Waals surface area contributed by atoms with Gasteiger partial charge in [0.2, 0.25) is 10.0 Å². The maximum absolute atomic E-state index is 12.8. The van der Waals surface area contributed by atoms with E-state index in [2.05, 4.69) is 5.32 Å². The Morgan fingerprint density at radius 1 is 1.29 bits per heavy atom. The van der Waals surface area contributed by atoms with Gasteiger partial charge in [-0.3, -0.25) is 4.79 Å². The molecule has 24 heavy (non-hydrogen) atoms. The summed E-state index contributed by atoms with van der Waals surface area (Å²) in [6.07, 6.45) is 2.82. The monoisotopic (exact) mass is 375 g/mol. The number of hydrogen-bond donors (Lipinski definition) is 2. The second kappa shape index (κ2) is 8.80. The third-order valence-corrected chi connectivity index (χ3v) is 6.15. The van der Waals surface area contributed by atoms with Gasteiger partial charge >= 0.3 is 0 Å². The van der Waals surface area contributed by atoms with E-state index in [1.165, 1.54) is 10.4 Å². The highest BCUT2D eigenvalue weighted by Gasteiger charge is 2.28. The molecule has 1 amide bonds. The fourth-order valence-corrected chi connectivity index (χ4v) is 4.40. The van der Waals surface area contributed by atoms with E-state index in [1.54, 1.807) is 26.0 Å². The van der Waals surface area contributed by atoms with Gasteiger partial charge in [0, 0.05) is 31.2 Å². The van der Waals surface area contributed by atoms with Crippen molar-refractivity contribution in [3.63, 3.8) is 0 Å². The molecule has 0 bridgehead atoms. The van der Waals surface area contributed by atoms with Gasteiger partial charge in [0.05, 0.1) is 4.90 Å². The molecular weight excluding hydrogens is 350 g/mol. The fraction of sp³-hybridized carbons (Fsp3) is 0.562. The van der Waals surface area contributed by atoms with Crippen LogP contribution in [0.4, 0.5) is 0 Å². The molecule has 1 aromatic rings. The zero-order valence-corrected chi connectivity index (χ0v) is 15.8. The van der Waals surface area contributed by atoms with Crippen molar-refractivity contribution in [2.45, 2.75) is 44.0 Å². The lowest BCUT2D eigenvalue weighted by Crippen LogP contribution is -2.38. The average molecular weight is 376 g/mol. The zero-order chi connectivity index (χ0) is 17.0. The van der Waals surface area contributed by atoms with E-state index in [0.717, 1.165) is 19.3 Å². The summed E-state index contributed by atoms with van der Waals surface area (Å²) in [5.41, 5.74) is 6.49. The number of sulfonamides is 1. The molecule has 1 aliphatic rings. The molecule has 1 heterocycles. The van der Waals surface area contributed by atoms with Gasteiger partial charge in [-0.2, -0.15) is 4.31 Å². The molecular formula is C16H26ClN3O3S. The Bertz CT molecular complexity index is 673. The molecule has 136 valence electrons. The van der Waals surface area contributed by atoms with Crippen LogP contribution >= 0.6 is 12.4 Å². The van der Waals surface area contributed by atoms with E-state index < -0.39 is 10.0 Å². The predicted octanol–water partition coefficient (Wildman–Crippen LogP) is 1.67. The summed E-state index contributed by atoms with van der Waals surface area (Å²) in [4.78, 5) is 12.4. The molecule has 1 aromatic carbocycles. The Morgan fingerprint density at radius 2 is 1.92 bits per heavy atom. The predicted molar refractivity (Wildman–Crippen MR) is 97.0 cm³/mol. The summed E-state index contributed by atoms with van der Waals surface area (Å²) in [7, 11) is -3.55. The molecule has 0 spiro atoms. The van der Waals surface area contributed by atoms with E-state index in [-0.39, 0.29) is 29.3 Å². The van der Waals surface area contributed by atoms with Gasteiger partial charge in [-0.05, 0) is 44.4 Å². The number of piperidine rings is 1. The molecule has 0 aliphatic carbocycles. The smallest absolute Gasteiger partial charge is 0.251 e. The Balaban J connectivity index is 0.00000288. The largest absolute Gasteiger partial charge is 0.348 e. The molecule has 3 N–H and O–H groups in total. The van der Waals surface area contributed by atoms with Crippen LogP contribution in [0.2, 0.25) is 0 Å². The molecule has 0 saturated carbocycles. The van der Waals surface area contributed by atoms with E-state index in [1.807, 2.05) is 0 Å². The third-order valence-electron chi connectivity index (χ3n) is 4.11. The summed E-state index contributed by atoms with van der Waals surface area (Å²) >= 11 is 0. The highest BCUT2D eigenvalue weighted by atomic mass is 35.5. The number of benzene rings is 1. The minimum atomic E-state index is -3.55.